The molecule has 4 aliphatic carbocycles. The largest absolute Gasteiger partial charge is 0.407 e. The van der Waals surface area contributed by atoms with Gasteiger partial charge in [0.2, 0.25) is 5.88 Å². The summed E-state index contributed by atoms with van der Waals surface area (Å²) in [7, 11) is 0. The summed E-state index contributed by atoms with van der Waals surface area (Å²) in [4.78, 5) is 13.6. The van der Waals surface area contributed by atoms with Gasteiger partial charge in [-0.1, -0.05) is 48.0 Å². The molecule has 0 saturated heterocycles. The van der Waals surface area contributed by atoms with Crippen LogP contribution in [-0.4, -0.2) is 15.7 Å². The van der Waals surface area contributed by atoms with Crippen LogP contribution >= 0.6 is 0 Å². The van der Waals surface area contributed by atoms with Crippen LogP contribution in [0.25, 0.3) is 16.9 Å². The van der Waals surface area contributed by atoms with Crippen LogP contribution in [0.5, 0.6) is 5.88 Å². The van der Waals surface area contributed by atoms with Gasteiger partial charge in [0.1, 0.15) is 0 Å². The first kappa shape index (κ1) is 18.9. The van der Waals surface area contributed by atoms with Gasteiger partial charge in [0.15, 0.2) is 0 Å². The number of rotatable bonds is 4. The van der Waals surface area contributed by atoms with Gasteiger partial charge in [-0.2, -0.15) is 5.10 Å². The summed E-state index contributed by atoms with van der Waals surface area (Å²) in [6.45, 7) is 2.07. The van der Waals surface area contributed by atoms with Crippen LogP contribution in [0, 0.1) is 30.1 Å². The number of hydrogen-bond acceptors (Lipinski definition) is 3. The van der Waals surface area contributed by atoms with E-state index in [1.807, 2.05) is 48.5 Å². The number of carbonyl (C=O) groups is 1. The maximum Gasteiger partial charge on any atom is 0.318 e. The highest BCUT2D eigenvalue weighted by Gasteiger charge is 2.55. The molecule has 3 aromatic rings. The normalized spacial score (nSPS) is 28.6. The molecule has 4 fully saturated rings. The van der Waals surface area contributed by atoms with Crippen molar-refractivity contribution >= 4 is 5.97 Å². The average Bonchev–Trinajstić information content (AvgIpc) is 3.18. The Kier molecular flexibility index (Phi) is 4.31. The third kappa shape index (κ3) is 3.29. The van der Waals surface area contributed by atoms with E-state index in [1.54, 1.807) is 4.68 Å². The molecule has 4 aliphatic rings. The van der Waals surface area contributed by atoms with Gasteiger partial charge in [0, 0.05) is 11.6 Å². The second kappa shape index (κ2) is 7.08. The van der Waals surface area contributed by atoms with E-state index in [0.29, 0.717) is 23.6 Å². The van der Waals surface area contributed by atoms with Gasteiger partial charge in [-0.15, -0.1) is 0 Å². The fourth-order valence-electron chi connectivity index (χ4n) is 6.62. The molecule has 4 bridgehead atoms. The van der Waals surface area contributed by atoms with E-state index in [-0.39, 0.29) is 11.4 Å². The summed E-state index contributed by atoms with van der Waals surface area (Å²) in [5.41, 5.74) is 3.63. The molecule has 4 saturated carbocycles. The fourth-order valence-corrected chi connectivity index (χ4v) is 6.62. The third-order valence-corrected chi connectivity index (χ3v) is 7.69. The van der Waals surface area contributed by atoms with E-state index >= 15 is 0 Å². The standard InChI is InChI=1S/C27H28N2O2/c1-18-7-9-23(10-8-18)29-25(14-24(28-29)22-5-3-2-4-6-22)31-26(30)27-15-19-11-20(16-27)13-21(12-19)17-27/h2-10,14,19-21H,11-13,15-17H2,1H3. The van der Waals surface area contributed by atoms with Crippen molar-refractivity contribution in [2.45, 2.75) is 45.4 Å². The number of carbonyl (C=O) groups excluding carboxylic acids is 1. The minimum Gasteiger partial charge on any atom is -0.407 e. The zero-order chi connectivity index (χ0) is 21.0. The second-order valence-electron chi connectivity index (χ2n) is 10.1. The number of esters is 1. The SMILES string of the molecule is Cc1ccc(-n2nc(-c3ccccc3)cc2OC(=O)C23CC4CC(CC(C4)C2)C3)cc1. The monoisotopic (exact) mass is 412 g/mol. The van der Waals surface area contributed by atoms with Crippen LogP contribution in [0.2, 0.25) is 0 Å². The van der Waals surface area contributed by atoms with E-state index in [9.17, 15) is 4.79 Å². The number of hydrogen-bond donors (Lipinski definition) is 0. The summed E-state index contributed by atoms with van der Waals surface area (Å²) in [5.74, 6) is 2.60. The molecule has 0 unspecified atom stereocenters. The van der Waals surface area contributed by atoms with Crippen molar-refractivity contribution in [1.82, 2.24) is 9.78 Å². The second-order valence-corrected chi connectivity index (χ2v) is 10.1. The van der Waals surface area contributed by atoms with Crippen molar-refractivity contribution < 1.29 is 9.53 Å². The number of nitrogens with zero attached hydrogens (tertiary/aromatic N) is 2. The van der Waals surface area contributed by atoms with E-state index in [0.717, 1.165) is 36.2 Å². The van der Waals surface area contributed by atoms with Crippen LogP contribution in [0.15, 0.2) is 60.7 Å². The highest BCUT2D eigenvalue weighted by molar-refractivity contribution is 5.80. The molecule has 0 aliphatic heterocycles. The molecule has 4 heteroatoms. The van der Waals surface area contributed by atoms with Gasteiger partial charge in [-0.25, -0.2) is 4.68 Å². The van der Waals surface area contributed by atoms with Gasteiger partial charge >= 0.3 is 5.97 Å². The van der Waals surface area contributed by atoms with Gasteiger partial charge in [-0.05, 0) is 75.3 Å². The van der Waals surface area contributed by atoms with E-state index in [4.69, 9.17) is 9.84 Å². The quantitative estimate of drug-likeness (QED) is 0.496. The van der Waals surface area contributed by atoms with Crippen LogP contribution in [0.3, 0.4) is 0 Å². The Hall–Kier alpha value is -2.88. The molecule has 31 heavy (non-hydrogen) atoms. The zero-order valence-electron chi connectivity index (χ0n) is 18.0. The van der Waals surface area contributed by atoms with Crippen LogP contribution < -0.4 is 4.74 Å². The van der Waals surface area contributed by atoms with Crippen molar-refractivity contribution in [3.63, 3.8) is 0 Å². The molecule has 0 spiro atoms. The molecule has 7 rings (SSSR count). The van der Waals surface area contributed by atoms with Crippen molar-refractivity contribution in [3.8, 4) is 22.8 Å². The lowest BCUT2D eigenvalue weighted by Gasteiger charge is -2.55. The molecule has 158 valence electrons. The van der Waals surface area contributed by atoms with E-state index in [1.165, 1.54) is 24.8 Å². The molecule has 0 radical (unpaired) electrons. The first-order chi connectivity index (χ1) is 15.1. The predicted octanol–water partition coefficient (Wildman–Crippen LogP) is 5.97. The highest BCUT2D eigenvalue weighted by Crippen LogP contribution is 2.60. The molecule has 0 amide bonds. The number of benzene rings is 2. The lowest BCUT2D eigenvalue weighted by atomic mass is 9.49. The Morgan fingerprint density at radius 2 is 1.55 bits per heavy atom. The summed E-state index contributed by atoms with van der Waals surface area (Å²) in [6, 6.07) is 20.1. The summed E-state index contributed by atoms with van der Waals surface area (Å²) in [5, 5.41) is 4.82. The van der Waals surface area contributed by atoms with Crippen LogP contribution in [0.1, 0.15) is 44.1 Å². The molecule has 1 heterocycles. The van der Waals surface area contributed by atoms with Crippen molar-refractivity contribution in [3.05, 3.63) is 66.2 Å². The molecule has 0 atom stereocenters. The molecule has 1 aromatic heterocycles. The van der Waals surface area contributed by atoms with Crippen molar-refractivity contribution in [1.29, 1.82) is 0 Å². The van der Waals surface area contributed by atoms with Gasteiger partial charge < -0.3 is 4.74 Å². The Morgan fingerprint density at radius 3 is 2.16 bits per heavy atom. The maximum atomic E-state index is 13.6. The first-order valence-corrected chi connectivity index (χ1v) is 11.5. The Morgan fingerprint density at radius 1 is 0.935 bits per heavy atom. The minimum atomic E-state index is -0.288. The van der Waals surface area contributed by atoms with Crippen LogP contribution in [0.4, 0.5) is 0 Å². The average molecular weight is 413 g/mol. The lowest BCUT2D eigenvalue weighted by Crippen LogP contribution is -2.51. The van der Waals surface area contributed by atoms with Gasteiger partial charge in [0.25, 0.3) is 0 Å². The number of aryl methyl sites for hydroxylation is 1. The lowest BCUT2D eigenvalue weighted by molar-refractivity contribution is -0.162. The number of aromatic nitrogens is 2. The predicted molar refractivity (Wildman–Crippen MR) is 120 cm³/mol. The van der Waals surface area contributed by atoms with Gasteiger partial charge in [-0.3, -0.25) is 4.79 Å². The summed E-state index contributed by atoms with van der Waals surface area (Å²) in [6.07, 6.45) is 6.94. The maximum absolute atomic E-state index is 13.6. The molecular formula is C27H28N2O2. The van der Waals surface area contributed by atoms with E-state index in [2.05, 4.69) is 19.1 Å². The molecule has 2 aromatic carbocycles. The molecule has 0 N–H and O–H groups in total. The fraction of sp³-hybridized carbons (Fsp3) is 0.407. The van der Waals surface area contributed by atoms with Gasteiger partial charge in [0.05, 0.1) is 16.8 Å². The third-order valence-electron chi connectivity index (χ3n) is 7.69. The minimum absolute atomic E-state index is 0.0422. The smallest absolute Gasteiger partial charge is 0.318 e. The highest BCUT2D eigenvalue weighted by atomic mass is 16.5. The summed E-state index contributed by atoms with van der Waals surface area (Å²) >= 11 is 0. The first-order valence-electron chi connectivity index (χ1n) is 11.5. The Balaban J connectivity index is 1.36. The van der Waals surface area contributed by atoms with Crippen molar-refractivity contribution in [2.24, 2.45) is 23.2 Å². The topological polar surface area (TPSA) is 44.1 Å². The zero-order valence-corrected chi connectivity index (χ0v) is 18.0. The van der Waals surface area contributed by atoms with E-state index < -0.39 is 0 Å². The molecule has 4 nitrogen and oxygen atoms in total. The Labute approximate surface area is 183 Å². The van der Waals surface area contributed by atoms with Crippen molar-refractivity contribution in [2.75, 3.05) is 0 Å². The Bertz CT molecular complexity index is 1080. The molecular weight excluding hydrogens is 384 g/mol. The summed E-state index contributed by atoms with van der Waals surface area (Å²) < 4.78 is 7.96. The number of ether oxygens (including phenoxy) is 1. The van der Waals surface area contributed by atoms with Crippen LogP contribution in [-0.2, 0) is 4.79 Å².